The van der Waals surface area contributed by atoms with Crippen LogP contribution in [0.4, 0.5) is 10.8 Å². The Labute approximate surface area is 171 Å². The number of rotatable bonds is 8. The largest absolute Gasteiger partial charge is 0.326 e. The van der Waals surface area contributed by atoms with Crippen LogP contribution in [0.15, 0.2) is 59.5 Å². The topological polar surface area (TPSA) is 84.0 Å². The molecule has 1 aromatic heterocycles. The van der Waals surface area contributed by atoms with Crippen molar-refractivity contribution in [2.24, 2.45) is 0 Å². The minimum absolute atomic E-state index is 0.0329. The van der Waals surface area contributed by atoms with Crippen LogP contribution in [0.3, 0.4) is 0 Å². The lowest BCUT2D eigenvalue weighted by Crippen LogP contribution is -2.13. The Balaban J connectivity index is 1.53. The third-order valence-electron chi connectivity index (χ3n) is 3.70. The number of thioether (sulfide) groups is 1. The van der Waals surface area contributed by atoms with Gasteiger partial charge in [-0.25, -0.2) is 0 Å². The predicted molar refractivity (Wildman–Crippen MR) is 114 cm³/mol. The molecule has 1 heterocycles. The zero-order valence-electron chi connectivity index (χ0n) is 15.3. The zero-order valence-corrected chi connectivity index (χ0v) is 17.0. The van der Waals surface area contributed by atoms with Crippen LogP contribution in [0.5, 0.6) is 0 Å². The number of benzene rings is 2. The van der Waals surface area contributed by atoms with Crippen molar-refractivity contribution in [3.8, 4) is 0 Å². The van der Waals surface area contributed by atoms with Gasteiger partial charge < -0.3 is 5.32 Å². The van der Waals surface area contributed by atoms with Crippen molar-refractivity contribution < 1.29 is 9.59 Å². The average molecular weight is 413 g/mol. The van der Waals surface area contributed by atoms with E-state index in [2.05, 4.69) is 20.8 Å². The Morgan fingerprint density at radius 2 is 1.75 bits per heavy atom. The van der Waals surface area contributed by atoms with E-state index < -0.39 is 0 Å². The van der Waals surface area contributed by atoms with Crippen molar-refractivity contribution >= 4 is 45.7 Å². The van der Waals surface area contributed by atoms with Crippen molar-refractivity contribution in [2.75, 3.05) is 10.6 Å². The molecule has 0 aliphatic carbocycles. The first-order chi connectivity index (χ1) is 13.6. The second kappa shape index (κ2) is 10.0. The van der Waals surface area contributed by atoms with Gasteiger partial charge in [-0.1, -0.05) is 36.5 Å². The van der Waals surface area contributed by atoms with Crippen LogP contribution in [0.1, 0.15) is 35.1 Å². The van der Waals surface area contributed by atoms with E-state index in [1.165, 1.54) is 11.3 Å². The highest BCUT2D eigenvalue weighted by Crippen LogP contribution is 2.25. The van der Waals surface area contributed by atoms with E-state index in [1.54, 1.807) is 36.0 Å². The third kappa shape index (κ3) is 5.90. The average Bonchev–Trinajstić information content (AvgIpc) is 3.15. The molecule has 0 unspecified atom stereocenters. The van der Waals surface area contributed by atoms with Gasteiger partial charge in [-0.15, -0.1) is 22.0 Å². The molecule has 0 radical (unpaired) electrons. The molecule has 0 atom stereocenters. The van der Waals surface area contributed by atoms with Crippen molar-refractivity contribution in [3.63, 3.8) is 0 Å². The van der Waals surface area contributed by atoms with Crippen molar-refractivity contribution in [2.45, 2.75) is 30.4 Å². The number of carbonyl (C=O) groups excluding carboxylic acids is 2. The molecule has 3 aromatic rings. The lowest BCUT2D eigenvalue weighted by atomic mass is 10.2. The molecule has 28 heavy (non-hydrogen) atoms. The van der Waals surface area contributed by atoms with Crippen LogP contribution in [0, 0.1) is 0 Å². The minimum atomic E-state index is -0.259. The van der Waals surface area contributed by atoms with E-state index in [4.69, 9.17) is 0 Å². The molecule has 0 bridgehead atoms. The molecule has 0 spiro atoms. The zero-order chi connectivity index (χ0) is 19.8. The molecular weight excluding hydrogens is 392 g/mol. The number of anilines is 2. The van der Waals surface area contributed by atoms with Crippen LogP contribution >= 0.6 is 23.1 Å². The fourth-order valence-corrected chi connectivity index (χ4v) is 3.99. The Kier molecular flexibility index (Phi) is 7.16. The van der Waals surface area contributed by atoms with Gasteiger partial charge in [0.1, 0.15) is 5.01 Å². The Morgan fingerprint density at radius 1 is 1.00 bits per heavy atom. The van der Waals surface area contributed by atoms with Gasteiger partial charge in [-0.05, 0) is 42.8 Å². The third-order valence-corrected chi connectivity index (χ3v) is 5.75. The normalized spacial score (nSPS) is 10.5. The van der Waals surface area contributed by atoms with Crippen LogP contribution < -0.4 is 10.6 Å². The van der Waals surface area contributed by atoms with E-state index in [0.717, 1.165) is 16.3 Å². The predicted octanol–water partition coefficient (Wildman–Crippen LogP) is 4.82. The number of amides is 2. The first-order valence-corrected chi connectivity index (χ1v) is 10.7. The number of hydrogen-bond acceptors (Lipinski definition) is 6. The molecule has 2 amide bonds. The van der Waals surface area contributed by atoms with Crippen molar-refractivity contribution in [1.29, 1.82) is 0 Å². The second-order valence-corrected chi connectivity index (χ2v) is 8.04. The maximum atomic E-state index is 12.4. The fourth-order valence-electron chi connectivity index (χ4n) is 2.35. The summed E-state index contributed by atoms with van der Waals surface area (Å²) < 4.78 is 0. The molecule has 6 nitrogen and oxygen atoms in total. The van der Waals surface area contributed by atoms with E-state index >= 15 is 0 Å². The minimum Gasteiger partial charge on any atom is -0.326 e. The van der Waals surface area contributed by atoms with Gasteiger partial charge in [0, 0.05) is 22.6 Å². The van der Waals surface area contributed by atoms with E-state index in [-0.39, 0.29) is 11.8 Å². The monoisotopic (exact) mass is 412 g/mol. The van der Waals surface area contributed by atoms with E-state index in [1.807, 2.05) is 37.3 Å². The Bertz CT molecular complexity index is 927. The van der Waals surface area contributed by atoms with Crippen LogP contribution in [0.2, 0.25) is 0 Å². The highest BCUT2D eigenvalue weighted by Gasteiger charge is 2.11. The van der Waals surface area contributed by atoms with Gasteiger partial charge in [0.15, 0.2) is 0 Å². The molecule has 0 fully saturated rings. The Morgan fingerprint density at radius 3 is 2.46 bits per heavy atom. The van der Waals surface area contributed by atoms with E-state index in [9.17, 15) is 9.59 Å². The van der Waals surface area contributed by atoms with Gasteiger partial charge in [-0.2, -0.15) is 0 Å². The molecule has 2 aromatic carbocycles. The summed E-state index contributed by atoms with van der Waals surface area (Å²) in [5, 5.41) is 15.0. The molecule has 2 N–H and O–H groups in total. The summed E-state index contributed by atoms with van der Waals surface area (Å²) in [7, 11) is 0. The fraction of sp³-hybridized carbons (Fsp3) is 0.200. The van der Waals surface area contributed by atoms with Gasteiger partial charge in [0.2, 0.25) is 11.0 Å². The summed E-state index contributed by atoms with van der Waals surface area (Å²) in [6.07, 6.45) is 1.27. The number of aromatic nitrogens is 2. The number of hydrogen-bond donors (Lipinski definition) is 2. The van der Waals surface area contributed by atoms with E-state index in [0.29, 0.717) is 28.6 Å². The lowest BCUT2D eigenvalue weighted by molar-refractivity contribution is -0.116. The van der Waals surface area contributed by atoms with Crippen LogP contribution in [-0.2, 0) is 10.5 Å². The van der Waals surface area contributed by atoms with Gasteiger partial charge >= 0.3 is 0 Å². The van der Waals surface area contributed by atoms with Gasteiger partial charge in [0.05, 0.1) is 5.75 Å². The molecule has 144 valence electrons. The molecule has 0 saturated heterocycles. The van der Waals surface area contributed by atoms with Crippen LogP contribution in [0.25, 0.3) is 0 Å². The summed E-state index contributed by atoms with van der Waals surface area (Å²) in [6, 6.07) is 16.8. The van der Waals surface area contributed by atoms with Gasteiger partial charge in [0.25, 0.3) is 5.91 Å². The first-order valence-electron chi connectivity index (χ1n) is 8.85. The Hall–Kier alpha value is -2.71. The SMILES string of the molecule is CCCC(=O)Nc1ccc(C(=O)Nc2nnc(CSc3ccccc3)s2)cc1. The molecule has 0 aliphatic rings. The summed E-state index contributed by atoms with van der Waals surface area (Å²) in [6.45, 7) is 1.95. The quantitative estimate of drug-likeness (QED) is 0.518. The standard InChI is InChI=1S/C20H20N4O2S2/c1-2-6-17(25)21-15-11-9-14(10-12-15)19(26)22-20-24-23-18(28-20)13-27-16-7-4-3-5-8-16/h3-5,7-12H,2,6,13H2,1H3,(H,21,25)(H,22,24,26). The first kappa shape index (κ1) is 20.0. The molecular formula is C20H20N4O2S2. The van der Waals surface area contributed by atoms with Crippen LogP contribution in [-0.4, -0.2) is 22.0 Å². The summed E-state index contributed by atoms with van der Waals surface area (Å²) in [5.74, 6) is 0.406. The molecule has 8 heteroatoms. The number of carbonyl (C=O) groups is 2. The van der Waals surface area contributed by atoms with Gasteiger partial charge in [-0.3, -0.25) is 14.9 Å². The summed E-state index contributed by atoms with van der Waals surface area (Å²) in [4.78, 5) is 25.1. The number of nitrogens with zero attached hydrogens (tertiary/aromatic N) is 2. The maximum absolute atomic E-state index is 12.4. The number of nitrogens with one attached hydrogen (secondary N) is 2. The molecule has 0 aliphatic heterocycles. The summed E-state index contributed by atoms with van der Waals surface area (Å²) in [5.41, 5.74) is 1.16. The highest BCUT2D eigenvalue weighted by molar-refractivity contribution is 7.98. The molecule has 3 rings (SSSR count). The van der Waals surface area contributed by atoms with Crippen molar-refractivity contribution in [1.82, 2.24) is 10.2 Å². The highest BCUT2D eigenvalue weighted by atomic mass is 32.2. The van der Waals surface area contributed by atoms with Crippen molar-refractivity contribution in [3.05, 3.63) is 65.2 Å². The maximum Gasteiger partial charge on any atom is 0.257 e. The summed E-state index contributed by atoms with van der Waals surface area (Å²) >= 11 is 3.03. The molecule has 0 saturated carbocycles. The second-order valence-electron chi connectivity index (χ2n) is 5.93. The smallest absolute Gasteiger partial charge is 0.257 e. The lowest BCUT2D eigenvalue weighted by Gasteiger charge is -2.05.